The van der Waals surface area contributed by atoms with Crippen LogP contribution in [0.2, 0.25) is 0 Å². The van der Waals surface area contributed by atoms with Crippen LogP contribution in [0.15, 0.2) is 24.3 Å². The second-order valence-corrected chi connectivity index (χ2v) is 7.57. The molecule has 0 unspecified atom stereocenters. The van der Waals surface area contributed by atoms with Gasteiger partial charge in [0.25, 0.3) is 5.91 Å². The molecule has 1 aromatic heterocycles. The van der Waals surface area contributed by atoms with Crippen molar-refractivity contribution < 1.29 is 23.8 Å². The van der Waals surface area contributed by atoms with Gasteiger partial charge in [-0.2, -0.15) is 0 Å². The van der Waals surface area contributed by atoms with Gasteiger partial charge in [0.1, 0.15) is 12.4 Å². The first-order valence-electron chi connectivity index (χ1n) is 10.7. The number of ether oxygens (including phenoxy) is 3. The van der Waals surface area contributed by atoms with E-state index >= 15 is 0 Å². The van der Waals surface area contributed by atoms with Crippen molar-refractivity contribution in [1.82, 2.24) is 4.98 Å². The number of anilines is 1. The second kappa shape index (κ2) is 10.3. The quantitative estimate of drug-likeness (QED) is 0.330. The third kappa shape index (κ3) is 5.55. The molecule has 0 radical (unpaired) electrons. The van der Waals surface area contributed by atoms with Crippen molar-refractivity contribution >= 4 is 29.2 Å². The molecule has 0 aliphatic carbocycles. The van der Waals surface area contributed by atoms with E-state index in [2.05, 4.69) is 17.2 Å². The maximum Gasteiger partial charge on any atom is 0.340 e. The topological polar surface area (TPSA) is 89.7 Å². The molecule has 3 rings (SSSR count). The van der Waals surface area contributed by atoms with Crippen molar-refractivity contribution in [2.45, 2.75) is 46.6 Å². The third-order valence-corrected chi connectivity index (χ3v) is 4.93. The van der Waals surface area contributed by atoms with Crippen LogP contribution in [0.25, 0.3) is 11.6 Å². The van der Waals surface area contributed by atoms with Crippen LogP contribution in [0.5, 0.6) is 5.75 Å². The lowest BCUT2D eigenvalue weighted by atomic mass is 10.0. The molecule has 0 bridgehead atoms. The largest absolute Gasteiger partial charge is 0.491 e. The summed E-state index contributed by atoms with van der Waals surface area (Å²) in [4.78, 5) is 28.0. The molecule has 166 valence electrons. The van der Waals surface area contributed by atoms with E-state index in [1.165, 1.54) is 0 Å². The van der Waals surface area contributed by atoms with Crippen LogP contribution in [-0.2, 0) is 14.3 Å². The lowest BCUT2D eigenvalue weighted by Gasteiger charge is -2.14. The number of fused-ring (bicyclic) bond motifs is 1. The molecule has 1 aliphatic rings. The van der Waals surface area contributed by atoms with Crippen molar-refractivity contribution in [2.75, 3.05) is 25.1 Å². The van der Waals surface area contributed by atoms with Gasteiger partial charge in [-0.1, -0.05) is 13.3 Å². The summed E-state index contributed by atoms with van der Waals surface area (Å²) in [6, 6.07) is 7.19. The van der Waals surface area contributed by atoms with Crippen LogP contribution in [0.3, 0.4) is 0 Å². The lowest BCUT2D eigenvalue weighted by Crippen LogP contribution is -2.18. The Balaban J connectivity index is 1.81. The predicted molar refractivity (Wildman–Crippen MR) is 120 cm³/mol. The smallest absolute Gasteiger partial charge is 0.340 e. The van der Waals surface area contributed by atoms with Gasteiger partial charge in [0.05, 0.1) is 29.5 Å². The molecule has 31 heavy (non-hydrogen) atoms. The minimum Gasteiger partial charge on any atom is -0.491 e. The SMILES string of the molecule is CCCCO[C@@H](C)COc1ccc2c(c1)/C(=C/c1[nH]c(C)cc1C(=O)OCC)C(=O)N2. The number of carbonyl (C=O) groups is 2. The van der Waals surface area contributed by atoms with E-state index in [0.29, 0.717) is 34.9 Å². The molecule has 0 saturated heterocycles. The Morgan fingerprint density at radius 1 is 1.23 bits per heavy atom. The maximum absolute atomic E-state index is 12.6. The predicted octanol–water partition coefficient (Wildman–Crippen LogP) is 4.58. The summed E-state index contributed by atoms with van der Waals surface area (Å²) >= 11 is 0. The van der Waals surface area contributed by atoms with Crippen LogP contribution in [0.1, 0.15) is 60.9 Å². The van der Waals surface area contributed by atoms with E-state index in [9.17, 15) is 9.59 Å². The number of aryl methyl sites for hydroxylation is 1. The number of aromatic nitrogens is 1. The van der Waals surface area contributed by atoms with E-state index < -0.39 is 5.97 Å². The van der Waals surface area contributed by atoms with E-state index in [1.807, 2.05) is 32.0 Å². The molecule has 1 amide bonds. The van der Waals surface area contributed by atoms with Crippen LogP contribution < -0.4 is 10.1 Å². The van der Waals surface area contributed by atoms with Crippen molar-refractivity contribution in [3.63, 3.8) is 0 Å². The molecule has 1 aliphatic heterocycles. The fourth-order valence-electron chi connectivity index (χ4n) is 3.34. The van der Waals surface area contributed by atoms with Gasteiger partial charge >= 0.3 is 5.97 Å². The number of amides is 1. The summed E-state index contributed by atoms with van der Waals surface area (Å²) in [6.45, 7) is 9.13. The minimum atomic E-state index is -0.425. The maximum atomic E-state index is 12.6. The summed E-state index contributed by atoms with van der Waals surface area (Å²) in [7, 11) is 0. The number of H-pyrrole nitrogens is 1. The number of hydrogen-bond donors (Lipinski definition) is 2. The van der Waals surface area contributed by atoms with E-state index in [1.54, 1.807) is 19.1 Å². The summed E-state index contributed by atoms with van der Waals surface area (Å²) in [5.74, 6) is -0.00248. The molecular weight excluding hydrogens is 396 g/mol. The lowest BCUT2D eigenvalue weighted by molar-refractivity contribution is -0.110. The van der Waals surface area contributed by atoms with E-state index in [4.69, 9.17) is 14.2 Å². The summed E-state index contributed by atoms with van der Waals surface area (Å²) < 4.78 is 16.7. The fourth-order valence-corrected chi connectivity index (χ4v) is 3.34. The van der Waals surface area contributed by atoms with Crippen LogP contribution in [0, 0.1) is 6.92 Å². The normalized spacial score (nSPS) is 15.0. The number of benzene rings is 1. The van der Waals surface area contributed by atoms with Crippen molar-refractivity contribution in [2.24, 2.45) is 0 Å². The number of hydrogen-bond acceptors (Lipinski definition) is 5. The Morgan fingerprint density at radius 2 is 2.03 bits per heavy atom. The number of nitrogens with one attached hydrogen (secondary N) is 2. The first kappa shape index (κ1) is 22.6. The Labute approximate surface area is 182 Å². The number of esters is 1. The third-order valence-electron chi connectivity index (χ3n) is 4.93. The highest BCUT2D eigenvalue weighted by Gasteiger charge is 2.26. The van der Waals surface area contributed by atoms with Crippen LogP contribution in [0.4, 0.5) is 5.69 Å². The highest BCUT2D eigenvalue weighted by Crippen LogP contribution is 2.36. The molecule has 0 spiro atoms. The van der Waals surface area contributed by atoms with E-state index in [0.717, 1.165) is 30.7 Å². The van der Waals surface area contributed by atoms with E-state index in [-0.39, 0.29) is 18.6 Å². The Bertz CT molecular complexity index is 976. The number of aromatic amines is 1. The van der Waals surface area contributed by atoms with Gasteiger partial charge in [-0.3, -0.25) is 4.79 Å². The van der Waals surface area contributed by atoms with Gasteiger partial charge < -0.3 is 24.5 Å². The molecule has 2 aromatic rings. The van der Waals surface area contributed by atoms with Crippen molar-refractivity contribution in [3.05, 3.63) is 46.8 Å². The molecular formula is C24H30N2O5. The molecule has 2 heterocycles. The van der Waals surface area contributed by atoms with Gasteiger partial charge in [-0.05, 0) is 57.5 Å². The molecule has 0 saturated carbocycles. The van der Waals surface area contributed by atoms with Crippen LogP contribution >= 0.6 is 0 Å². The zero-order chi connectivity index (χ0) is 22.4. The summed E-state index contributed by atoms with van der Waals surface area (Å²) in [6.07, 6.45) is 3.77. The van der Waals surface area contributed by atoms with Gasteiger partial charge in [0.15, 0.2) is 0 Å². The average Bonchev–Trinajstić information content (AvgIpc) is 3.26. The minimum absolute atomic E-state index is 0.0244. The zero-order valence-corrected chi connectivity index (χ0v) is 18.5. The molecule has 1 atom stereocenters. The van der Waals surface area contributed by atoms with Crippen molar-refractivity contribution in [3.8, 4) is 5.75 Å². The van der Waals surface area contributed by atoms with Gasteiger partial charge in [0, 0.05) is 23.6 Å². The molecule has 7 heteroatoms. The van der Waals surface area contributed by atoms with Gasteiger partial charge in [0.2, 0.25) is 0 Å². The molecule has 0 fully saturated rings. The Hall–Kier alpha value is -3.06. The first-order valence-corrected chi connectivity index (χ1v) is 10.7. The van der Waals surface area contributed by atoms with Gasteiger partial charge in [-0.15, -0.1) is 0 Å². The zero-order valence-electron chi connectivity index (χ0n) is 18.5. The monoisotopic (exact) mass is 426 g/mol. The molecule has 1 aromatic carbocycles. The van der Waals surface area contributed by atoms with Gasteiger partial charge in [-0.25, -0.2) is 4.79 Å². The molecule has 2 N–H and O–H groups in total. The second-order valence-electron chi connectivity index (χ2n) is 7.57. The number of unbranched alkanes of at least 4 members (excludes halogenated alkanes) is 1. The highest BCUT2D eigenvalue weighted by molar-refractivity contribution is 6.35. The highest BCUT2D eigenvalue weighted by atomic mass is 16.5. The number of rotatable bonds is 10. The average molecular weight is 427 g/mol. The number of carbonyl (C=O) groups excluding carboxylic acids is 2. The Kier molecular flexibility index (Phi) is 7.52. The standard InChI is InChI=1S/C24H30N2O5/c1-5-7-10-30-16(4)14-31-17-8-9-21-18(12-17)19(23(27)26-21)13-22-20(11-15(3)25-22)24(28)29-6-2/h8-9,11-13,16,25H,5-7,10,14H2,1-4H3,(H,26,27)/b19-13-/t16-/m0/s1. The summed E-state index contributed by atoms with van der Waals surface area (Å²) in [5.41, 5.74) is 3.64. The molecule has 7 nitrogen and oxygen atoms in total. The fraction of sp³-hybridized carbons (Fsp3) is 0.417. The van der Waals surface area contributed by atoms with Crippen LogP contribution in [-0.4, -0.2) is 42.8 Å². The Morgan fingerprint density at radius 3 is 2.77 bits per heavy atom. The first-order chi connectivity index (χ1) is 14.9. The van der Waals surface area contributed by atoms with Crippen molar-refractivity contribution in [1.29, 1.82) is 0 Å². The summed E-state index contributed by atoms with van der Waals surface area (Å²) in [5, 5.41) is 2.86.